The molecule has 0 aromatic carbocycles. The molecule has 0 saturated carbocycles. The average Bonchev–Trinajstić information content (AvgIpc) is 2.18. The molecule has 4 nitrogen and oxygen atoms in total. The molecule has 80 valence electrons. The van der Waals surface area contributed by atoms with Crippen LogP contribution in [0.5, 0.6) is 0 Å². The molecular formula is C10H11BrN2O2. The van der Waals surface area contributed by atoms with E-state index < -0.39 is 0 Å². The number of rotatable bonds is 3. The van der Waals surface area contributed by atoms with Crippen molar-refractivity contribution in [2.24, 2.45) is 7.05 Å². The van der Waals surface area contributed by atoms with Crippen molar-refractivity contribution in [3.8, 4) is 0 Å². The van der Waals surface area contributed by atoms with Crippen molar-refractivity contribution in [3.63, 3.8) is 0 Å². The molecule has 0 saturated heterocycles. The summed E-state index contributed by atoms with van der Waals surface area (Å²) >= 11 is 3.13. The molecule has 0 aliphatic carbocycles. The molecule has 5 heteroatoms. The maximum atomic E-state index is 11.5. The van der Waals surface area contributed by atoms with Gasteiger partial charge in [-0.25, -0.2) is 0 Å². The molecule has 1 aromatic rings. The number of aromatic nitrogens is 1. The Balaban J connectivity index is 2.79. The van der Waals surface area contributed by atoms with Gasteiger partial charge in [-0.05, 0) is 6.07 Å². The van der Waals surface area contributed by atoms with Crippen molar-refractivity contribution in [2.75, 3.05) is 6.54 Å². The summed E-state index contributed by atoms with van der Waals surface area (Å²) in [5.74, 6) is -0.284. The Morgan fingerprint density at radius 1 is 1.67 bits per heavy atom. The average molecular weight is 271 g/mol. The van der Waals surface area contributed by atoms with Crippen molar-refractivity contribution in [1.82, 2.24) is 9.88 Å². The van der Waals surface area contributed by atoms with Gasteiger partial charge in [0.15, 0.2) is 0 Å². The molecule has 0 atom stereocenters. The number of hydrogen-bond donors (Lipinski definition) is 1. The third kappa shape index (κ3) is 3.36. The smallest absolute Gasteiger partial charge is 0.251 e. The van der Waals surface area contributed by atoms with Gasteiger partial charge >= 0.3 is 0 Å². The highest BCUT2D eigenvalue weighted by Crippen LogP contribution is 1.99. The van der Waals surface area contributed by atoms with Gasteiger partial charge in [0.2, 0.25) is 0 Å². The minimum atomic E-state index is -0.284. The summed E-state index contributed by atoms with van der Waals surface area (Å²) in [6.45, 7) is 3.93. The van der Waals surface area contributed by atoms with Crippen LogP contribution in [0.4, 0.5) is 0 Å². The van der Waals surface area contributed by atoms with Crippen LogP contribution in [0.3, 0.4) is 0 Å². The fraction of sp³-hybridized carbons (Fsp3) is 0.200. The SMILES string of the molecule is C=C(Br)CNC(=O)c1ccn(C)c(=O)c1. The Labute approximate surface area is 95.7 Å². The van der Waals surface area contributed by atoms with E-state index in [1.165, 1.54) is 10.6 Å². The zero-order valence-electron chi connectivity index (χ0n) is 8.29. The molecule has 0 fully saturated rings. The molecular weight excluding hydrogens is 260 g/mol. The van der Waals surface area contributed by atoms with E-state index in [0.717, 1.165) is 0 Å². The van der Waals surface area contributed by atoms with E-state index >= 15 is 0 Å². The van der Waals surface area contributed by atoms with Crippen molar-refractivity contribution in [3.05, 3.63) is 45.3 Å². The number of nitrogens with one attached hydrogen (secondary N) is 1. The zero-order chi connectivity index (χ0) is 11.4. The van der Waals surface area contributed by atoms with Crippen LogP contribution in [0, 0.1) is 0 Å². The van der Waals surface area contributed by atoms with Gasteiger partial charge in [0.05, 0.1) is 0 Å². The second-order valence-corrected chi connectivity index (χ2v) is 4.19. The zero-order valence-corrected chi connectivity index (χ0v) is 9.87. The van der Waals surface area contributed by atoms with Crippen molar-refractivity contribution < 1.29 is 4.79 Å². The highest BCUT2D eigenvalue weighted by atomic mass is 79.9. The lowest BCUT2D eigenvalue weighted by atomic mass is 10.2. The van der Waals surface area contributed by atoms with Gasteiger partial charge in [0, 0.05) is 35.9 Å². The molecule has 0 aliphatic heterocycles. The molecule has 1 heterocycles. The number of halogens is 1. The van der Waals surface area contributed by atoms with E-state index in [2.05, 4.69) is 27.8 Å². The quantitative estimate of drug-likeness (QED) is 0.892. The Hall–Kier alpha value is -1.36. The lowest BCUT2D eigenvalue weighted by molar-refractivity contribution is 0.0957. The van der Waals surface area contributed by atoms with Gasteiger partial charge < -0.3 is 9.88 Å². The fourth-order valence-corrected chi connectivity index (χ4v) is 1.11. The molecule has 0 aliphatic rings. The van der Waals surface area contributed by atoms with Gasteiger partial charge in [-0.2, -0.15) is 0 Å². The predicted octanol–water partition coefficient (Wildman–Crippen LogP) is 1.02. The lowest BCUT2D eigenvalue weighted by Crippen LogP contribution is -2.26. The van der Waals surface area contributed by atoms with E-state index in [1.807, 2.05) is 0 Å². The minimum absolute atomic E-state index is 0.208. The summed E-state index contributed by atoms with van der Waals surface area (Å²) in [7, 11) is 1.63. The number of hydrogen-bond acceptors (Lipinski definition) is 2. The number of carbonyl (C=O) groups excluding carboxylic acids is 1. The normalized spacial score (nSPS) is 9.73. The van der Waals surface area contributed by atoms with Gasteiger partial charge in [-0.3, -0.25) is 9.59 Å². The summed E-state index contributed by atoms with van der Waals surface area (Å²) in [6.07, 6.45) is 1.56. The Bertz CT molecular complexity index is 451. The highest BCUT2D eigenvalue weighted by Gasteiger charge is 2.05. The standard InChI is InChI=1S/C10H11BrN2O2/c1-7(11)6-12-10(15)8-3-4-13(2)9(14)5-8/h3-5H,1,6H2,2H3,(H,12,15). The summed E-state index contributed by atoms with van der Waals surface area (Å²) in [6, 6.07) is 2.89. The second kappa shape index (κ2) is 4.93. The maximum Gasteiger partial charge on any atom is 0.251 e. The van der Waals surface area contributed by atoms with Crippen LogP contribution in [-0.4, -0.2) is 17.0 Å². The van der Waals surface area contributed by atoms with Gasteiger partial charge in [0.1, 0.15) is 0 Å². The van der Waals surface area contributed by atoms with E-state index in [1.54, 1.807) is 19.3 Å². The fourth-order valence-electron chi connectivity index (χ4n) is 0.968. The topological polar surface area (TPSA) is 51.1 Å². The van der Waals surface area contributed by atoms with Gasteiger partial charge in [0.25, 0.3) is 11.5 Å². The van der Waals surface area contributed by atoms with E-state index in [-0.39, 0.29) is 11.5 Å². The molecule has 0 unspecified atom stereocenters. The Morgan fingerprint density at radius 3 is 2.87 bits per heavy atom. The number of aryl methyl sites for hydroxylation is 1. The summed E-state index contributed by atoms with van der Waals surface area (Å²) in [4.78, 5) is 22.7. The van der Waals surface area contributed by atoms with Crippen molar-refractivity contribution in [1.29, 1.82) is 0 Å². The maximum absolute atomic E-state index is 11.5. The van der Waals surface area contributed by atoms with E-state index in [4.69, 9.17) is 0 Å². The third-order valence-electron chi connectivity index (χ3n) is 1.81. The summed E-state index contributed by atoms with van der Waals surface area (Å²) in [5.41, 5.74) is 0.146. The number of pyridine rings is 1. The molecule has 1 N–H and O–H groups in total. The van der Waals surface area contributed by atoms with E-state index in [0.29, 0.717) is 16.6 Å². The number of nitrogens with zero attached hydrogens (tertiary/aromatic N) is 1. The molecule has 0 bridgehead atoms. The third-order valence-corrected chi connectivity index (χ3v) is 2.09. The predicted molar refractivity (Wildman–Crippen MR) is 62.1 cm³/mol. The van der Waals surface area contributed by atoms with Crippen LogP contribution in [0.15, 0.2) is 34.2 Å². The Kier molecular flexibility index (Phi) is 3.85. The molecule has 0 spiro atoms. The molecule has 1 rings (SSSR count). The van der Waals surface area contributed by atoms with E-state index in [9.17, 15) is 9.59 Å². The first-order chi connectivity index (χ1) is 7.00. The first-order valence-corrected chi connectivity index (χ1v) is 5.08. The van der Waals surface area contributed by atoms with Gasteiger partial charge in [-0.1, -0.05) is 22.5 Å². The molecule has 1 aromatic heterocycles. The molecule has 1 amide bonds. The van der Waals surface area contributed by atoms with Crippen molar-refractivity contribution >= 4 is 21.8 Å². The minimum Gasteiger partial charge on any atom is -0.347 e. The highest BCUT2D eigenvalue weighted by molar-refractivity contribution is 9.11. The van der Waals surface area contributed by atoms with Gasteiger partial charge in [-0.15, -0.1) is 0 Å². The van der Waals surface area contributed by atoms with Crippen LogP contribution >= 0.6 is 15.9 Å². The number of amides is 1. The Morgan fingerprint density at radius 2 is 2.33 bits per heavy atom. The van der Waals surface area contributed by atoms with Crippen LogP contribution in [0.1, 0.15) is 10.4 Å². The number of carbonyl (C=O) groups is 1. The second-order valence-electron chi connectivity index (χ2n) is 3.06. The van der Waals surface area contributed by atoms with Crippen LogP contribution in [0.25, 0.3) is 0 Å². The first kappa shape index (κ1) is 11.7. The molecule has 15 heavy (non-hydrogen) atoms. The van der Waals surface area contributed by atoms with Crippen LogP contribution in [-0.2, 0) is 7.05 Å². The van der Waals surface area contributed by atoms with Crippen molar-refractivity contribution in [2.45, 2.75) is 0 Å². The summed E-state index contributed by atoms with van der Waals surface area (Å²) < 4.78 is 2.08. The summed E-state index contributed by atoms with van der Waals surface area (Å²) in [5, 5.41) is 2.61. The largest absolute Gasteiger partial charge is 0.347 e. The first-order valence-electron chi connectivity index (χ1n) is 4.29. The monoisotopic (exact) mass is 270 g/mol. The lowest BCUT2D eigenvalue weighted by Gasteiger charge is -2.04. The molecule has 0 radical (unpaired) electrons. The van der Waals surface area contributed by atoms with Crippen LogP contribution < -0.4 is 10.9 Å². The van der Waals surface area contributed by atoms with Crippen LogP contribution in [0.2, 0.25) is 0 Å².